The first kappa shape index (κ1) is 20.5. The molecule has 0 saturated heterocycles. The van der Waals surface area contributed by atoms with Crippen LogP contribution in [0.1, 0.15) is 58.4 Å². The number of nitrogens with zero attached hydrogens (tertiary/aromatic N) is 4. The third-order valence-corrected chi connectivity index (χ3v) is 6.48. The summed E-state index contributed by atoms with van der Waals surface area (Å²) in [6.45, 7) is 6.61. The number of hydrogen-bond acceptors (Lipinski definition) is 7. The predicted octanol–water partition coefficient (Wildman–Crippen LogP) is 4.90. The van der Waals surface area contributed by atoms with Crippen LogP contribution in [0.5, 0.6) is 0 Å². The summed E-state index contributed by atoms with van der Waals surface area (Å²) < 4.78 is 6.06. The summed E-state index contributed by atoms with van der Waals surface area (Å²) in [6, 6.07) is 14.3. The van der Waals surface area contributed by atoms with Gasteiger partial charge in [-0.05, 0) is 67.0 Å². The van der Waals surface area contributed by atoms with Gasteiger partial charge >= 0.3 is 0 Å². The van der Waals surface area contributed by atoms with Crippen molar-refractivity contribution in [1.29, 1.82) is 0 Å². The van der Waals surface area contributed by atoms with E-state index in [1.54, 1.807) is 0 Å². The second-order valence-electron chi connectivity index (χ2n) is 9.82. The Kier molecular flexibility index (Phi) is 4.73. The summed E-state index contributed by atoms with van der Waals surface area (Å²) in [5, 5.41) is 0. The number of aromatic nitrogens is 1. The average Bonchev–Trinajstić information content (AvgIpc) is 3.17. The Balaban J connectivity index is 1.52. The quantitative estimate of drug-likeness (QED) is 0.601. The van der Waals surface area contributed by atoms with Crippen molar-refractivity contribution in [2.75, 3.05) is 4.90 Å². The topological polar surface area (TPSA) is 106 Å². The molecule has 1 spiro atoms. The van der Waals surface area contributed by atoms with Crippen LogP contribution in [0.3, 0.4) is 0 Å². The molecule has 2 heterocycles. The molecule has 1 saturated carbocycles. The molecular formula is C25H30N6O. The van der Waals surface area contributed by atoms with Crippen LogP contribution in [0.25, 0.3) is 22.6 Å². The van der Waals surface area contributed by atoms with Crippen molar-refractivity contribution in [3.05, 3.63) is 48.0 Å². The first-order chi connectivity index (χ1) is 15.2. The SMILES string of the molecule is CC(C)(C)c1ccc(-c2nc3cc(N4C(N)=NC(N)=NC45CCCCC5)ccc3o2)cc1. The van der Waals surface area contributed by atoms with Crippen molar-refractivity contribution in [1.82, 2.24) is 4.98 Å². The molecule has 2 aliphatic rings. The first-order valence-electron chi connectivity index (χ1n) is 11.3. The van der Waals surface area contributed by atoms with Gasteiger partial charge in [-0.3, -0.25) is 4.90 Å². The Labute approximate surface area is 188 Å². The van der Waals surface area contributed by atoms with Crippen LogP contribution in [0.15, 0.2) is 56.9 Å². The summed E-state index contributed by atoms with van der Waals surface area (Å²) in [4.78, 5) is 15.8. The van der Waals surface area contributed by atoms with Crippen LogP contribution >= 0.6 is 0 Å². The van der Waals surface area contributed by atoms with E-state index in [9.17, 15) is 0 Å². The number of nitrogens with two attached hydrogens (primary N) is 2. The molecule has 0 unspecified atom stereocenters. The van der Waals surface area contributed by atoms with Gasteiger partial charge in [-0.25, -0.2) is 9.98 Å². The van der Waals surface area contributed by atoms with Gasteiger partial charge in [0.2, 0.25) is 17.8 Å². The lowest BCUT2D eigenvalue weighted by atomic mass is 9.87. The highest BCUT2D eigenvalue weighted by Crippen LogP contribution is 2.40. The van der Waals surface area contributed by atoms with Crippen LogP contribution in [0.2, 0.25) is 0 Å². The molecule has 1 fully saturated rings. The first-order valence-corrected chi connectivity index (χ1v) is 11.3. The Bertz CT molecular complexity index is 1210. The normalized spacial score (nSPS) is 18.7. The summed E-state index contributed by atoms with van der Waals surface area (Å²) in [5.41, 5.74) is 16.6. The number of fused-ring (bicyclic) bond motifs is 1. The zero-order chi connectivity index (χ0) is 22.5. The maximum absolute atomic E-state index is 6.37. The lowest BCUT2D eigenvalue weighted by molar-refractivity contribution is 0.305. The van der Waals surface area contributed by atoms with Gasteiger partial charge in [-0.1, -0.05) is 39.3 Å². The second kappa shape index (κ2) is 7.36. The van der Waals surface area contributed by atoms with Crippen LogP contribution in [-0.2, 0) is 5.41 Å². The van der Waals surface area contributed by atoms with E-state index >= 15 is 0 Å². The Morgan fingerprint density at radius 1 is 0.969 bits per heavy atom. The highest BCUT2D eigenvalue weighted by Gasteiger charge is 2.42. The van der Waals surface area contributed by atoms with Crippen molar-refractivity contribution >= 4 is 28.7 Å². The molecule has 1 aliphatic carbocycles. The van der Waals surface area contributed by atoms with Gasteiger partial charge in [0.25, 0.3) is 0 Å². The molecule has 166 valence electrons. The lowest BCUT2D eigenvalue weighted by Gasteiger charge is -2.45. The molecule has 0 bridgehead atoms. The van der Waals surface area contributed by atoms with E-state index in [2.05, 4.69) is 50.0 Å². The Morgan fingerprint density at radius 2 is 1.69 bits per heavy atom. The summed E-state index contributed by atoms with van der Waals surface area (Å²) in [6.07, 6.45) is 5.16. The number of anilines is 1. The van der Waals surface area contributed by atoms with Gasteiger partial charge < -0.3 is 15.9 Å². The fraction of sp³-hybridized carbons (Fsp3) is 0.400. The highest BCUT2D eigenvalue weighted by atomic mass is 16.3. The standard InChI is InChI=1S/C25H30N6O/c1-24(2,3)17-9-7-16(8-10-17)21-28-19-15-18(11-12-20(19)32-21)31-23(27)29-22(26)30-25(31)13-5-4-6-14-25/h7-12,15H,4-6,13-14H2,1-3H3,(H4,26,27,29,30). The number of benzene rings is 2. The molecule has 3 aromatic rings. The smallest absolute Gasteiger partial charge is 0.227 e. The van der Waals surface area contributed by atoms with E-state index in [0.717, 1.165) is 48.0 Å². The van der Waals surface area contributed by atoms with Gasteiger partial charge in [0, 0.05) is 11.3 Å². The molecule has 7 nitrogen and oxygen atoms in total. The molecule has 7 heteroatoms. The maximum atomic E-state index is 6.37. The van der Waals surface area contributed by atoms with E-state index in [-0.39, 0.29) is 11.4 Å². The zero-order valence-electron chi connectivity index (χ0n) is 18.9. The van der Waals surface area contributed by atoms with Gasteiger partial charge in [0.1, 0.15) is 11.2 Å². The maximum Gasteiger partial charge on any atom is 0.227 e. The molecule has 0 atom stereocenters. The number of aliphatic imine (C=N–C) groups is 2. The molecule has 4 N–H and O–H groups in total. The minimum Gasteiger partial charge on any atom is -0.436 e. The van der Waals surface area contributed by atoms with Crippen molar-refractivity contribution in [2.24, 2.45) is 21.5 Å². The van der Waals surface area contributed by atoms with Gasteiger partial charge in [0.05, 0.1) is 0 Å². The van der Waals surface area contributed by atoms with Crippen molar-refractivity contribution in [3.63, 3.8) is 0 Å². The number of hydrogen-bond donors (Lipinski definition) is 2. The number of guanidine groups is 2. The van der Waals surface area contributed by atoms with Crippen molar-refractivity contribution < 1.29 is 4.42 Å². The second-order valence-corrected chi connectivity index (χ2v) is 9.82. The molecule has 0 amide bonds. The van der Waals surface area contributed by atoms with Gasteiger partial charge in [-0.15, -0.1) is 0 Å². The van der Waals surface area contributed by atoms with Gasteiger partial charge in [0.15, 0.2) is 5.58 Å². The third kappa shape index (κ3) is 3.51. The highest BCUT2D eigenvalue weighted by molar-refractivity contribution is 6.06. The number of rotatable bonds is 2. The van der Waals surface area contributed by atoms with Crippen LogP contribution < -0.4 is 16.4 Å². The summed E-state index contributed by atoms with van der Waals surface area (Å²) in [5.74, 6) is 1.23. The minimum atomic E-state index is -0.475. The molecule has 2 aromatic carbocycles. The predicted molar refractivity (Wildman–Crippen MR) is 130 cm³/mol. The summed E-state index contributed by atoms with van der Waals surface area (Å²) >= 11 is 0. The van der Waals surface area contributed by atoms with E-state index < -0.39 is 5.66 Å². The zero-order valence-corrected chi connectivity index (χ0v) is 18.9. The van der Waals surface area contributed by atoms with E-state index in [1.807, 2.05) is 23.1 Å². The molecular weight excluding hydrogens is 400 g/mol. The van der Waals surface area contributed by atoms with Crippen molar-refractivity contribution in [2.45, 2.75) is 64.0 Å². The molecule has 1 aromatic heterocycles. The van der Waals surface area contributed by atoms with E-state index in [0.29, 0.717) is 11.9 Å². The Hall–Kier alpha value is -3.35. The Morgan fingerprint density at radius 3 is 2.38 bits per heavy atom. The third-order valence-electron chi connectivity index (χ3n) is 6.48. The van der Waals surface area contributed by atoms with Gasteiger partial charge in [-0.2, -0.15) is 4.99 Å². The van der Waals surface area contributed by atoms with E-state index in [1.165, 1.54) is 12.0 Å². The van der Waals surface area contributed by atoms with Crippen LogP contribution in [0.4, 0.5) is 5.69 Å². The van der Waals surface area contributed by atoms with E-state index in [4.69, 9.17) is 25.9 Å². The molecule has 32 heavy (non-hydrogen) atoms. The average molecular weight is 431 g/mol. The fourth-order valence-corrected chi connectivity index (χ4v) is 4.79. The van der Waals surface area contributed by atoms with Crippen molar-refractivity contribution in [3.8, 4) is 11.5 Å². The lowest BCUT2D eigenvalue weighted by Crippen LogP contribution is -2.58. The molecule has 0 radical (unpaired) electrons. The summed E-state index contributed by atoms with van der Waals surface area (Å²) in [7, 11) is 0. The fourth-order valence-electron chi connectivity index (χ4n) is 4.79. The van der Waals surface area contributed by atoms with Crippen LogP contribution in [0, 0.1) is 0 Å². The monoisotopic (exact) mass is 430 g/mol. The van der Waals surface area contributed by atoms with Crippen LogP contribution in [-0.4, -0.2) is 22.6 Å². The molecule has 5 rings (SSSR count). The number of oxazole rings is 1. The largest absolute Gasteiger partial charge is 0.436 e. The molecule has 1 aliphatic heterocycles. The minimum absolute atomic E-state index is 0.103.